The average molecular weight is 290 g/mol. The highest BCUT2D eigenvalue weighted by molar-refractivity contribution is 5.54. The molecule has 21 heavy (non-hydrogen) atoms. The zero-order valence-corrected chi connectivity index (χ0v) is 13.8. The molecule has 0 bridgehead atoms. The monoisotopic (exact) mass is 290 g/mol. The van der Waals surface area contributed by atoms with Gasteiger partial charge in [-0.1, -0.05) is 32.0 Å². The Morgan fingerprint density at radius 1 is 1.19 bits per heavy atom. The van der Waals surface area contributed by atoms with Crippen molar-refractivity contribution in [3.05, 3.63) is 29.8 Å². The van der Waals surface area contributed by atoms with E-state index in [1.54, 1.807) is 7.11 Å². The summed E-state index contributed by atoms with van der Waals surface area (Å²) in [4.78, 5) is 2.52. The number of nitrogens with one attached hydrogen (secondary N) is 1. The molecule has 0 aromatic heterocycles. The first-order valence-electron chi connectivity index (χ1n) is 8.15. The van der Waals surface area contributed by atoms with Crippen molar-refractivity contribution in [2.45, 2.75) is 39.7 Å². The molecule has 0 aliphatic carbocycles. The van der Waals surface area contributed by atoms with E-state index in [1.165, 1.54) is 37.2 Å². The van der Waals surface area contributed by atoms with Gasteiger partial charge in [-0.05, 0) is 36.3 Å². The van der Waals surface area contributed by atoms with Crippen LogP contribution in [0.4, 0.5) is 5.69 Å². The summed E-state index contributed by atoms with van der Waals surface area (Å²) in [5.74, 6) is 0. The fourth-order valence-electron chi connectivity index (χ4n) is 2.93. The summed E-state index contributed by atoms with van der Waals surface area (Å²) < 4.78 is 5.19. The molecule has 1 aliphatic rings. The van der Waals surface area contributed by atoms with Gasteiger partial charge in [-0.15, -0.1) is 0 Å². The number of ether oxygens (including phenoxy) is 1. The minimum Gasteiger partial charge on any atom is -0.385 e. The SMILES string of the molecule is COCCC(C)(C)CNCc1ccccc1N1CCCC1. The third-order valence-corrected chi connectivity index (χ3v) is 4.34. The minimum atomic E-state index is 0.276. The molecular formula is C18H30N2O. The number of anilines is 1. The van der Waals surface area contributed by atoms with Gasteiger partial charge in [0.25, 0.3) is 0 Å². The van der Waals surface area contributed by atoms with Gasteiger partial charge in [0, 0.05) is 45.6 Å². The van der Waals surface area contributed by atoms with E-state index >= 15 is 0 Å². The van der Waals surface area contributed by atoms with Crippen LogP contribution in [0.1, 0.15) is 38.7 Å². The number of para-hydroxylation sites is 1. The van der Waals surface area contributed by atoms with Gasteiger partial charge in [0.05, 0.1) is 0 Å². The van der Waals surface area contributed by atoms with Gasteiger partial charge in [0.15, 0.2) is 0 Å². The van der Waals surface area contributed by atoms with Crippen molar-refractivity contribution in [3.8, 4) is 0 Å². The van der Waals surface area contributed by atoms with Gasteiger partial charge in [-0.2, -0.15) is 0 Å². The number of nitrogens with zero attached hydrogens (tertiary/aromatic N) is 1. The van der Waals surface area contributed by atoms with Gasteiger partial charge in [-0.25, -0.2) is 0 Å². The summed E-state index contributed by atoms with van der Waals surface area (Å²) >= 11 is 0. The highest BCUT2D eigenvalue weighted by Crippen LogP contribution is 2.25. The minimum absolute atomic E-state index is 0.276. The largest absolute Gasteiger partial charge is 0.385 e. The molecule has 3 heteroatoms. The Morgan fingerprint density at radius 2 is 1.90 bits per heavy atom. The van der Waals surface area contributed by atoms with Crippen molar-refractivity contribution in [2.75, 3.05) is 38.3 Å². The van der Waals surface area contributed by atoms with Gasteiger partial charge in [0.1, 0.15) is 0 Å². The van der Waals surface area contributed by atoms with E-state index in [0.29, 0.717) is 0 Å². The Morgan fingerprint density at radius 3 is 2.62 bits per heavy atom. The first-order valence-corrected chi connectivity index (χ1v) is 8.15. The molecule has 0 unspecified atom stereocenters. The second kappa shape index (κ2) is 7.81. The number of hydrogen-bond donors (Lipinski definition) is 1. The molecule has 1 fully saturated rings. The van der Waals surface area contributed by atoms with Crippen LogP contribution in [-0.4, -0.2) is 33.4 Å². The van der Waals surface area contributed by atoms with Crippen LogP contribution in [0.15, 0.2) is 24.3 Å². The van der Waals surface area contributed by atoms with Crippen LogP contribution < -0.4 is 10.2 Å². The van der Waals surface area contributed by atoms with Crippen molar-refractivity contribution in [3.63, 3.8) is 0 Å². The normalized spacial score (nSPS) is 15.7. The summed E-state index contributed by atoms with van der Waals surface area (Å²) in [6.45, 7) is 9.80. The molecule has 2 rings (SSSR count). The summed E-state index contributed by atoms with van der Waals surface area (Å²) in [7, 11) is 1.77. The molecular weight excluding hydrogens is 260 g/mol. The molecule has 0 amide bonds. The summed E-state index contributed by atoms with van der Waals surface area (Å²) in [5, 5.41) is 3.63. The molecule has 1 heterocycles. The predicted molar refractivity (Wildman–Crippen MR) is 89.9 cm³/mol. The molecule has 118 valence electrons. The van der Waals surface area contributed by atoms with Crippen molar-refractivity contribution in [2.24, 2.45) is 5.41 Å². The molecule has 1 aromatic carbocycles. The molecule has 1 aromatic rings. The maximum atomic E-state index is 5.19. The predicted octanol–water partition coefficient (Wildman–Crippen LogP) is 3.44. The number of methoxy groups -OCH3 is 1. The summed E-state index contributed by atoms with van der Waals surface area (Å²) in [6.07, 6.45) is 3.74. The lowest BCUT2D eigenvalue weighted by atomic mass is 9.89. The van der Waals surface area contributed by atoms with Crippen molar-refractivity contribution in [1.29, 1.82) is 0 Å². The first-order chi connectivity index (χ1) is 10.1. The van der Waals surface area contributed by atoms with Crippen LogP contribution in [0, 0.1) is 5.41 Å². The molecule has 0 radical (unpaired) electrons. The lowest BCUT2D eigenvalue weighted by molar-refractivity contribution is 0.150. The Hall–Kier alpha value is -1.06. The van der Waals surface area contributed by atoms with E-state index in [2.05, 4.69) is 48.3 Å². The Balaban J connectivity index is 1.88. The van der Waals surface area contributed by atoms with Gasteiger partial charge in [0.2, 0.25) is 0 Å². The number of rotatable bonds is 8. The van der Waals surface area contributed by atoms with E-state index in [9.17, 15) is 0 Å². The van der Waals surface area contributed by atoms with E-state index in [4.69, 9.17) is 4.74 Å². The first kappa shape index (κ1) is 16.3. The van der Waals surface area contributed by atoms with Gasteiger partial charge >= 0.3 is 0 Å². The second-order valence-corrected chi connectivity index (χ2v) is 6.83. The van der Waals surface area contributed by atoms with Gasteiger partial charge < -0.3 is 15.0 Å². The molecule has 0 saturated carbocycles. The zero-order valence-electron chi connectivity index (χ0n) is 13.8. The van der Waals surface area contributed by atoms with Crippen LogP contribution in [0.5, 0.6) is 0 Å². The summed E-state index contributed by atoms with van der Waals surface area (Å²) in [6, 6.07) is 8.81. The van der Waals surface area contributed by atoms with Crippen molar-refractivity contribution < 1.29 is 4.74 Å². The smallest absolute Gasteiger partial charge is 0.0467 e. The highest BCUT2D eigenvalue weighted by Gasteiger charge is 2.18. The maximum absolute atomic E-state index is 5.19. The fourth-order valence-corrected chi connectivity index (χ4v) is 2.93. The van der Waals surface area contributed by atoms with Crippen LogP contribution in [-0.2, 0) is 11.3 Å². The fraction of sp³-hybridized carbons (Fsp3) is 0.667. The quantitative estimate of drug-likeness (QED) is 0.794. The van der Waals surface area contributed by atoms with Crippen LogP contribution in [0.2, 0.25) is 0 Å². The molecule has 1 saturated heterocycles. The second-order valence-electron chi connectivity index (χ2n) is 6.83. The van der Waals surface area contributed by atoms with Crippen LogP contribution >= 0.6 is 0 Å². The third kappa shape index (κ3) is 5.01. The number of benzene rings is 1. The molecule has 1 N–H and O–H groups in total. The molecule has 0 spiro atoms. The van der Waals surface area contributed by atoms with Gasteiger partial charge in [-0.3, -0.25) is 0 Å². The molecule has 3 nitrogen and oxygen atoms in total. The Kier molecular flexibility index (Phi) is 6.07. The zero-order chi connectivity index (χ0) is 15.1. The van der Waals surface area contributed by atoms with E-state index in [-0.39, 0.29) is 5.41 Å². The van der Waals surface area contributed by atoms with Crippen LogP contribution in [0.25, 0.3) is 0 Å². The maximum Gasteiger partial charge on any atom is 0.0467 e. The van der Waals surface area contributed by atoms with Crippen molar-refractivity contribution in [1.82, 2.24) is 5.32 Å². The van der Waals surface area contributed by atoms with E-state index in [0.717, 1.165) is 26.1 Å². The molecule has 0 atom stereocenters. The molecule has 1 aliphatic heterocycles. The highest BCUT2D eigenvalue weighted by atomic mass is 16.5. The number of hydrogen-bond acceptors (Lipinski definition) is 3. The standard InChI is InChI=1S/C18H30N2O/c1-18(2,10-13-21-3)15-19-14-16-8-4-5-9-17(16)20-11-6-7-12-20/h4-5,8-9,19H,6-7,10-15H2,1-3H3. The Labute approximate surface area is 129 Å². The topological polar surface area (TPSA) is 24.5 Å². The van der Waals surface area contributed by atoms with Crippen molar-refractivity contribution >= 4 is 5.69 Å². The lowest BCUT2D eigenvalue weighted by Crippen LogP contribution is -2.30. The van der Waals surface area contributed by atoms with Crippen LogP contribution in [0.3, 0.4) is 0 Å². The average Bonchev–Trinajstić information content (AvgIpc) is 3.00. The lowest BCUT2D eigenvalue weighted by Gasteiger charge is -2.26. The van der Waals surface area contributed by atoms with E-state index in [1.807, 2.05) is 0 Å². The van der Waals surface area contributed by atoms with E-state index < -0.39 is 0 Å². The Bertz CT molecular complexity index is 425. The summed E-state index contributed by atoms with van der Waals surface area (Å²) in [5.41, 5.74) is 3.11. The third-order valence-electron chi connectivity index (χ3n) is 4.34.